The summed E-state index contributed by atoms with van der Waals surface area (Å²) in [5.74, 6) is -1.12. The van der Waals surface area contributed by atoms with Gasteiger partial charge in [0.1, 0.15) is 5.82 Å². The third-order valence-electron chi connectivity index (χ3n) is 4.64. The minimum atomic E-state index is -0.508. The minimum absolute atomic E-state index is 0.0370. The van der Waals surface area contributed by atoms with Crippen LogP contribution >= 0.6 is 11.6 Å². The minimum Gasteiger partial charge on any atom is -0.352 e. The van der Waals surface area contributed by atoms with Crippen molar-refractivity contribution in [2.24, 2.45) is 0 Å². The van der Waals surface area contributed by atoms with Gasteiger partial charge in [0.25, 0.3) is 5.91 Å². The number of hydrogen-bond acceptors (Lipinski definition) is 3. The van der Waals surface area contributed by atoms with Crippen LogP contribution in [0, 0.1) is 5.82 Å². The van der Waals surface area contributed by atoms with E-state index in [-0.39, 0.29) is 29.5 Å². The second kappa shape index (κ2) is 10.9. The molecule has 7 heteroatoms. The standard InChI is InChI=1S/C22H27ClFN3O2/c1-15(2)27(3)14-17-6-4-16(5-7-17)13-26-21(28)10-11-25-22(29)19-9-8-18(24)12-20(19)23/h4-9,12,15H,10-11,13-14H2,1-3H3,(H,25,29)(H,26,28). The maximum atomic E-state index is 13.0. The van der Waals surface area contributed by atoms with Gasteiger partial charge in [-0.1, -0.05) is 35.9 Å². The fourth-order valence-corrected chi connectivity index (χ4v) is 2.83. The molecule has 2 amide bonds. The molecule has 5 nitrogen and oxygen atoms in total. The molecular formula is C22H27ClFN3O2. The van der Waals surface area contributed by atoms with Crippen LogP contribution in [-0.4, -0.2) is 36.3 Å². The van der Waals surface area contributed by atoms with Gasteiger partial charge in [-0.05, 0) is 50.2 Å². The molecule has 2 aromatic rings. The lowest BCUT2D eigenvalue weighted by Crippen LogP contribution is -2.30. The molecule has 0 saturated heterocycles. The van der Waals surface area contributed by atoms with E-state index in [9.17, 15) is 14.0 Å². The number of halogens is 2. The molecule has 156 valence electrons. The lowest BCUT2D eigenvalue weighted by atomic mass is 10.1. The summed E-state index contributed by atoms with van der Waals surface area (Å²) in [7, 11) is 2.08. The van der Waals surface area contributed by atoms with Crippen molar-refractivity contribution in [2.45, 2.75) is 39.4 Å². The normalized spacial score (nSPS) is 11.0. The first-order valence-corrected chi connectivity index (χ1v) is 9.92. The van der Waals surface area contributed by atoms with Gasteiger partial charge in [0.15, 0.2) is 0 Å². The van der Waals surface area contributed by atoms with E-state index >= 15 is 0 Å². The van der Waals surface area contributed by atoms with E-state index < -0.39 is 11.7 Å². The van der Waals surface area contributed by atoms with Crippen molar-refractivity contribution in [1.29, 1.82) is 0 Å². The van der Waals surface area contributed by atoms with E-state index in [1.54, 1.807) is 0 Å². The maximum Gasteiger partial charge on any atom is 0.252 e. The average Bonchev–Trinajstić information content (AvgIpc) is 2.67. The number of amides is 2. The SMILES string of the molecule is CC(C)N(C)Cc1ccc(CNC(=O)CCNC(=O)c2ccc(F)cc2Cl)cc1. The Morgan fingerprint density at radius 3 is 2.34 bits per heavy atom. The number of rotatable bonds is 9. The Labute approximate surface area is 176 Å². The number of nitrogens with one attached hydrogen (secondary N) is 2. The van der Waals surface area contributed by atoms with Crippen molar-refractivity contribution in [3.8, 4) is 0 Å². The summed E-state index contributed by atoms with van der Waals surface area (Å²) in [5, 5.41) is 5.48. The predicted molar refractivity (Wildman–Crippen MR) is 113 cm³/mol. The second-order valence-electron chi connectivity index (χ2n) is 7.23. The van der Waals surface area contributed by atoms with Crippen molar-refractivity contribution in [3.05, 3.63) is 70.0 Å². The van der Waals surface area contributed by atoms with Gasteiger partial charge in [0.05, 0.1) is 10.6 Å². The third-order valence-corrected chi connectivity index (χ3v) is 4.95. The molecule has 2 N–H and O–H groups in total. The van der Waals surface area contributed by atoms with Crippen LogP contribution in [0.1, 0.15) is 41.8 Å². The van der Waals surface area contributed by atoms with E-state index in [2.05, 4.69) is 48.6 Å². The highest BCUT2D eigenvalue weighted by atomic mass is 35.5. The van der Waals surface area contributed by atoms with E-state index in [0.29, 0.717) is 12.6 Å². The summed E-state index contributed by atoms with van der Waals surface area (Å²) < 4.78 is 13.0. The first kappa shape index (κ1) is 22.8. The Hall–Kier alpha value is -2.44. The Balaban J connectivity index is 1.72. The Morgan fingerprint density at radius 1 is 1.07 bits per heavy atom. The van der Waals surface area contributed by atoms with Gasteiger partial charge in [-0.3, -0.25) is 14.5 Å². The van der Waals surface area contributed by atoms with Crippen LogP contribution in [0.5, 0.6) is 0 Å². The molecule has 0 spiro atoms. The molecule has 0 fully saturated rings. The molecule has 0 heterocycles. The van der Waals surface area contributed by atoms with Crippen LogP contribution in [0.3, 0.4) is 0 Å². The molecule has 0 unspecified atom stereocenters. The molecule has 0 atom stereocenters. The predicted octanol–water partition coefficient (Wildman–Crippen LogP) is 3.76. The van der Waals surface area contributed by atoms with Gasteiger partial charge in [-0.25, -0.2) is 4.39 Å². The van der Waals surface area contributed by atoms with E-state index in [1.165, 1.54) is 17.7 Å². The molecular weight excluding hydrogens is 393 g/mol. The summed E-state index contributed by atoms with van der Waals surface area (Å²) in [4.78, 5) is 26.3. The molecule has 29 heavy (non-hydrogen) atoms. The Morgan fingerprint density at radius 2 is 1.72 bits per heavy atom. The van der Waals surface area contributed by atoms with Gasteiger partial charge in [0.2, 0.25) is 5.91 Å². The van der Waals surface area contributed by atoms with Gasteiger partial charge in [-0.2, -0.15) is 0 Å². The number of benzene rings is 2. The van der Waals surface area contributed by atoms with Gasteiger partial charge >= 0.3 is 0 Å². The van der Waals surface area contributed by atoms with Crippen LogP contribution in [0.2, 0.25) is 5.02 Å². The van der Waals surface area contributed by atoms with Gasteiger partial charge < -0.3 is 10.6 Å². The number of carbonyl (C=O) groups is 2. The fourth-order valence-electron chi connectivity index (χ4n) is 2.58. The molecule has 0 aliphatic rings. The quantitative estimate of drug-likeness (QED) is 0.650. The van der Waals surface area contributed by atoms with Gasteiger partial charge in [0, 0.05) is 32.1 Å². The molecule has 0 radical (unpaired) electrons. The maximum absolute atomic E-state index is 13.0. The monoisotopic (exact) mass is 419 g/mol. The van der Waals surface area contributed by atoms with Crippen molar-refractivity contribution < 1.29 is 14.0 Å². The zero-order valence-corrected chi connectivity index (χ0v) is 17.7. The summed E-state index contributed by atoms with van der Waals surface area (Å²) in [5.41, 5.74) is 2.41. The van der Waals surface area contributed by atoms with Crippen LogP contribution in [0.25, 0.3) is 0 Å². The van der Waals surface area contributed by atoms with Crippen LogP contribution in [-0.2, 0) is 17.9 Å². The third kappa shape index (κ3) is 7.48. The highest BCUT2D eigenvalue weighted by molar-refractivity contribution is 6.33. The average molecular weight is 420 g/mol. The molecule has 0 saturated carbocycles. The number of carbonyl (C=O) groups excluding carboxylic acids is 2. The van der Waals surface area contributed by atoms with Gasteiger partial charge in [-0.15, -0.1) is 0 Å². The molecule has 0 aliphatic heterocycles. The second-order valence-corrected chi connectivity index (χ2v) is 7.64. The number of nitrogens with zero attached hydrogens (tertiary/aromatic N) is 1. The molecule has 2 aromatic carbocycles. The lowest BCUT2D eigenvalue weighted by Gasteiger charge is -2.21. The highest BCUT2D eigenvalue weighted by Crippen LogP contribution is 2.17. The lowest BCUT2D eigenvalue weighted by molar-refractivity contribution is -0.121. The van der Waals surface area contributed by atoms with Crippen LogP contribution in [0.15, 0.2) is 42.5 Å². The molecule has 0 aliphatic carbocycles. The van der Waals surface area contributed by atoms with Crippen LogP contribution < -0.4 is 10.6 Å². The Kier molecular flexibility index (Phi) is 8.61. The summed E-state index contributed by atoms with van der Waals surface area (Å²) in [6.07, 6.45) is 0.141. The first-order chi connectivity index (χ1) is 13.8. The molecule has 0 aromatic heterocycles. The van der Waals surface area contributed by atoms with Crippen LogP contribution in [0.4, 0.5) is 4.39 Å². The topological polar surface area (TPSA) is 61.4 Å². The fraction of sp³-hybridized carbons (Fsp3) is 0.364. The molecule has 2 rings (SSSR count). The summed E-state index contributed by atoms with van der Waals surface area (Å²) in [6.45, 7) is 5.78. The van der Waals surface area contributed by atoms with Crippen molar-refractivity contribution >= 4 is 23.4 Å². The van der Waals surface area contributed by atoms with E-state index in [0.717, 1.165) is 18.2 Å². The van der Waals surface area contributed by atoms with Crippen molar-refractivity contribution in [3.63, 3.8) is 0 Å². The zero-order chi connectivity index (χ0) is 21.4. The van der Waals surface area contributed by atoms with E-state index in [1.807, 2.05) is 12.1 Å². The zero-order valence-electron chi connectivity index (χ0n) is 17.0. The van der Waals surface area contributed by atoms with Crippen molar-refractivity contribution in [2.75, 3.05) is 13.6 Å². The first-order valence-electron chi connectivity index (χ1n) is 9.54. The highest BCUT2D eigenvalue weighted by Gasteiger charge is 2.11. The van der Waals surface area contributed by atoms with Crippen molar-refractivity contribution in [1.82, 2.24) is 15.5 Å². The van der Waals surface area contributed by atoms with E-state index in [4.69, 9.17) is 11.6 Å². The molecule has 0 bridgehead atoms. The largest absolute Gasteiger partial charge is 0.352 e. The smallest absolute Gasteiger partial charge is 0.252 e. The number of hydrogen-bond donors (Lipinski definition) is 2. The Bertz CT molecular complexity index is 840. The summed E-state index contributed by atoms with van der Waals surface area (Å²) >= 11 is 5.85. The summed E-state index contributed by atoms with van der Waals surface area (Å²) in [6, 6.07) is 12.2.